The Balaban J connectivity index is 1.97. The molecule has 19 heavy (non-hydrogen) atoms. The maximum Gasteiger partial charge on any atom is 0.253 e. The molecule has 0 radical (unpaired) electrons. The van der Waals surface area contributed by atoms with Crippen LogP contribution in [0.3, 0.4) is 0 Å². The summed E-state index contributed by atoms with van der Waals surface area (Å²) in [6.45, 7) is 7.88. The van der Waals surface area contributed by atoms with Gasteiger partial charge in [-0.2, -0.15) is 0 Å². The first-order valence-corrected chi connectivity index (χ1v) is 6.72. The number of carbonyl (C=O) groups is 1. The second-order valence-electron chi connectivity index (χ2n) is 5.14. The molecule has 1 fully saturated rings. The Hall–Kier alpha value is -1.59. The molecular weight excluding hydrogens is 240 g/mol. The largest absolute Gasteiger partial charge is 0.336 e. The van der Waals surface area contributed by atoms with Crippen molar-refractivity contribution in [1.29, 1.82) is 0 Å². The second kappa shape index (κ2) is 6.04. The van der Waals surface area contributed by atoms with Gasteiger partial charge in [0.05, 0.1) is 0 Å². The third-order valence-corrected chi connectivity index (χ3v) is 3.63. The third kappa shape index (κ3) is 3.24. The van der Waals surface area contributed by atoms with Crippen LogP contribution in [0, 0.1) is 0 Å². The van der Waals surface area contributed by atoms with Gasteiger partial charge in [-0.15, -0.1) is 0 Å². The molecule has 0 aromatic heterocycles. The van der Waals surface area contributed by atoms with E-state index in [9.17, 15) is 4.79 Å². The first kappa shape index (κ1) is 13.8. The maximum atomic E-state index is 12.3. The van der Waals surface area contributed by atoms with Crippen molar-refractivity contribution < 1.29 is 4.79 Å². The number of nitrogens with zero attached hydrogens (tertiary/aromatic N) is 2. The molecule has 1 aromatic carbocycles. The van der Waals surface area contributed by atoms with E-state index in [1.807, 2.05) is 29.2 Å². The summed E-state index contributed by atoms with van der Waals surface area (Å²) in [7, 11) is 0. The fraction of sp³-hybridized carbons (Fsp3) is 0.500. The van der Waals surface area contributed by atoms with Crippen molar-refractivity contribution >= 4 is 11.6 Å². The van der Waals surface area contributed by atoms with Gasteiger partial charge in [0.15, 0.2) is 0 Å². The Bertz CT molecular complexity index is 422. The standard InChI is InChI=1S/C14H22N4O/c1-11(2)17-7-9-18(10-8-17)14(19)12-3-5-13(16-15)6-4-12/h3-6,11,16H,7-10,15H2,1-2H3. The van der Waals surface area contributed by atoms with E-state index < -0.39 is 0 Å². The smallest absolute Gasteiger partial charge is 0.253 e. The number of nitrogens with one attached hydrogen (secondary N) is 1. The SMILES string of the molecule is CC(C)N1CCN(C(=O)c2ccc(NN)cc2)CC1. The highest BCUT2D eigenvalue weighted by Crippen LogP contribution is 2.13. The van der Waals surface area contributed by atoms with E-state index in [1.54, 1.807) is 0 Å². The van der Waals surface area contributed by atoms with Crippen LogP contribution in [0.4, 0.5) is 5.69 Å². The highest BCUT2D eigenvalue weighted by Gasteiger charge is 2.23. The van der Waals surface area contributed by atoms with Gasteiger partial charge in [-0.25, -0.2) is 0 Å². The molecule has 5 heteroatoms. The van der Waals surface area contributed by atoms with Crippen molar-refractivity contribution in [2.24, 2.45) is 5.84 Å². The summed E-state index contributed by atoms with van der Waals surface area (Å²) in [5, 5.41) is 0. The van der Waals surface area contributed by atoms with Gasteiger partial charge in [0.1, 0.15) is 0 Å². The lowest BCUT2D eigenvalue weighted by molar-refractivity contribution is 0.0595. The van der Waals surface area contributed by atoms with E-state index >= 15 is 0 Å². The summed E-state index contributed by atoms with van der Waals surface area (Å²) in [6.07, 6.45) is 0. The Morgan fingerprint density at radius 2 is 1.74 bits per heavy atom. The molecular formula is C14H22N4O. The third-order valence-electron chi connectivity index (χ3n) is 3.63. The molecule has 1 aliphatic heterocycles. The predicted octanol–water partition coefficient (Wildman–Crippen LogP) is 1.14. The number of rotatable bonds is 3. The Kier molecular flexibility index (Phi) is 4.39. The molecule has 1 heterocycles. The zero-order chi connectivity index (χ0) is 13.8. The lowest BCUT2D eigenvalue weighted by Crippen LogP contribution is -2.50. The summed E-state index contributed by atoms with van der Waals surface area (Å²) in [6, 6.07) is 7.81. The van der Waals surface area contributed by atoms with Gasteiger partial charge in [0.2, 0.25) is 0 Å². The van der Waals surface area contributed by atoms with E-state index in [0.717, 1.165) is 37.4 Å². The van der Waals surface area contributed by atoms with Gasteiger partial charge < -0.3 is 10.3 Å². The molecule has 0 bridgehead atoms. The minimum Gasteiger partial charge on any atom is -0.336 e. The first-order chi connectivity index (χ1) is 9.11. The maximum absolute atomic E-state index is 12.3. The number of nitrogen functional groups attached to an aromatic ring is 1. The number of nitrogens with two attached hydrogens (primary N) is 1. The van der Waals surface area contributed by atoms with Gasteiger partial charge in [-0.05, 0) is 38.1 Å². The average molecular weight is 262 g/mol. The van der Waals surface area contributed by atoms with Crippen LogP contribution in [0.15, 0.2) is 24.3 Å². The van der Waals surface area contributed by atoms with Crippen molar-refractivity contribution in [2.75, 3.05) is 31.6 Å². The van der Waals surface area contributed by atoms with Crippen LogP contribution in [0.2, 0.25) is 0 Å². The van der Waals surface area contributed by atoms with Crippen LogP contribution in [0.1, 0.15) is 24.2 Å². The van der Waals surface area contributed by atoms with Gasteiger partial charge in [0, 0.05) is 43.5 Å². The molecule has 5 nitrogen and oxygen atoms in total. The molecule has 2 rings (SSSR count). The van der Waals surface area contributed by atoms with Gasteiger partial charge in [0.25, 0.3) is 5.91 Å². The van der Waals surface area contributed by atoms with Gasteiger partial charge in [-0.3, -0.25) is 15.5 Å². The second-order valence-corrected chi connectivity index (χ2v) is 5.14. The van der Waals surface area contributed by atoms with Gasteiger partial charge >= 0.3 is 0 Å². The van der Waals surface area contributed by atoms with Crippen molar-refractivity contribution in [1.82, 2.24) is 9.80 Å². The number of piperazine rings is 1. The van der Waals surface area contributed by atoms with E-state index in [2.05, 4.69) is 24.2 Å². The zero-order valence-corrected chi connectivity index (χ0v) is 11.6. The number of amides is 1. The van der Waals surface area contributed by atoms with Crippen LogP contribution in [-0.4, -0.2) is 47.9 Å². The molecule has 0 spiro atoms. The number of carbonyl (C=O) groups excluding carboxylic acids is 1. The quantitative estimate of drug-likeness (QED) is 0.633. The fourth-order valence-corrected chi connectivity index (χ4v) is 2.33. The van der Waals surface area contributed by atoms with E-state index in [4.69, 9.17) is 5.84 Å². The first-order valence-electron chi connectivity index (χ1n) is 6.72. The van der Waals surface area contributed by atoms with Crippen LogP contribution in [-0.2, 0) is 0 Å². The van der Waals surface area contributed by atoms with Crippen LogP contribution >= 0.6 is 0 Å². The molecule has 1 aliphatic rings. The highest BCUT2D eigenvalue weighted by atomic mass is 16.2. The van der Waals surface area contributed by atoms with Gasteiger partial charge in [-0.1, -0.05) is 0 Å². The van der Waals surface area contributed by atoms with Crippen LogP contribution in [0.5, 0.6) is 0 Å². The molecule has 104 valence electrons. The Labute approximate surface area is 114 Å². The average Bonchev–Trinajstić information content (AvgIpc) is 2.46. The van der Waals surface area contributed by atoms with Crippen molar-refractivity contribution in [3.05, 3.63) is 29.8 Å². The predicted molar refractivity (Wildman–Crippen MR) is 76.9 cm³/mol. The Morgan fingerprint density at radius 3 is 2.21 bits per heavy atom. The molecule has 0 atom stereocenters. The molecule has 0 saturated carbocycles. The summed E-state index contributed by atoms with van der Waals surface area (Å²) < 4.78 is 0. The lowest BCUT2D eigenvalue weighted by atomic mass is 10.1. The lowest BCUT2D eigenvalue weighted by Gasteiger charge is -2.37. The number of hydrogen-bond donors (Lipinski definition) is 2. The number of anilines is 1. The van der Waals surface area contributed by atoms with Crippen molar-refractivity contribution in [3.8, 4) is 0 Å². The topological polar surface area (TPSA) is 61.6 Å². The zero-order valence-electron chi connectivity index (χ0n) is 11.6. The molecule has 1 aromatic rings. The molecule has 0 unspecified atom stereocenters. The Morgan fingerprint density at radius 1 is 1.16 bits per heavy atom. The summed E-state index contributed by atoms with van der Waals surface area (Å²) in [5.41, 5.74) is 4.09. The van der Waals surface area contributed by atoms with Crippen LogP contribution < -0.4 is 11.3 Å². The normalized spacial score (nSPS) is 16.7. The monoisotopic (exact) mass is 262 g/mol. The highest BCUT2D eigenvalue weighted by molar-refractivity contribution is 5.94. The number of benzene rings is 1. The van der Waals surface area contributed by atoms with E-state index in [0.29, 0.717) is 6.04 Å². The summed E-state index contributed by atoms with van der Waals surface area (Å²) in [5.74, 6) is 5.42. The molecule has 1 saturated heterocycles. The summed E-state index contributed by atoms with van der Waals surface area (Å²) >= 11 is 0. The van der Waals surface area contributed by atoms with Crippen molar-refractivity contribution in [2.45, 2.75) is 19.9 Å². The molecule has 1 amide bonds. The number of hydrazine groups is 1. The minimum absolute atomic E-state index is 0.104. The summed E-state index contributed by atoms with van der Waals surface area (Å²) in [4.78, 5) is 16.6. The molecule has 0 aliphatic carbocycles. The van der Waals surface area contributed by atoms with E-state index in [1.165, 1.54) is 0 Å². The number of hydrogen-bond acceptors (Lipinski definition) is 4. The van der Waals surface area contributed by atoms with Crippen LogP contribution in [0.25, 0.3) is 0 Å². The van der Waals surface area contributed by atoms with Crippen molar-refractivity contribution in [3.63, 3.8) is 0 Å². The minimum atomic E-state index is 0.104. The molecule has 3 N–H and O–H groups in total. The fourth-order valence-electron chi connectivity index (χ4n) is 2.33. The van der Waals surface area contributed by atoms with E-state index in [-0.39, 0.29) is 5.91 Å².